The molecule has 0 radical (unpaired) electrons. The topological polar surface area (TPSA) is 93.5 Å². The van der Waals surface area contributed by atoms with E-state index < -0.39 is 17.8 Å². The zero-order valence-electron chi connectivity index (χ0n) is 13.0. The van der Waals surface area contributed by atoms with Crippen LogP contribution in [0.25, 0.3) is 0 Å². The minimum Gasteiger partial charge on any atom is -0.481 e. The van der Waals surface area contributed by atoms with E-state index in [4.69, 9.17) is 4.74 Å². The highest BCUT2D eigenvalue weighted by Crippen LogP contribution is 2.43. The molecule has 2 fully saturated rings. The third kappa shape index (κ3) is 2.29. The van der Waals surface area contributed by atoms with Crippen molar-refractivity contribution in [2.45, 2.75) is 45.4 Å². The third-order valence-electron chi connectivity index (χ3n) is 4.96. The maximum Gasteiger partial charge on any atom is 0.310 e. The lowest BCUT2D eigenvalue weighted by molar-refractivity contribution is -0.147. The summed E-state index contributed by atoms with van der Waals surface area (Å²) in [5.41, 5.74) is 2.85. The molecule has 3 rings (SSSR count). The molecule has 1 aromatic rings. The molecule has 0 aliphatic carbocycles. The maximum atomic E-state index is 12.5. The van der Waals surface area contributed by atoms with E-state index in [9.17, 15) is 14.7 Å². The molecule has 2 aliphatic rings. The number of nitrogens with one attached hydrogen (secondary N) is 1. The molecule has 22 heavy (non-hydrogen) atoms. The van der Waals surface area contributed by atoms with Gasteiger partial charge in [-0.25, -0.2) is 0 Å². The second-order valence-corrected chi connectivity index (χ2v) is 6.17. The van der Waals surface area contributed by atoms with Crippen LogP contribution in [0.15, 0.2) is 0 Å². The highest BCUT2D eigenvalue weighted by molar-refractivity contribution is 5.86. The summed E-state index contributed by atoms with van der Waals surface area (Å²) in [5, 5.41) is 16.5. The van der Waals surface area contributed by atoms with Gasteiger partial charge in [0.1, 0.15) is 0 Å². The van der Waals surface area contributed by atoms with Crippen LogP contribution in [0, 0.1) is 25.7 Å². The van der Waals surface area contributed by atoms with Gasteiger partial charge in [-0.1, -0.05) is 0 Å². The predicted octanol–water partition coefficient (Wildman–Crippen LogP) is 0.531. The lowest BCUT2D eigenvalue weighted by Crippen LogP contribution is -2.43. The van der Waals surface area contributed by atoms with Crippen LogP contribution in [0.3, 0.4) is 0 Å². The molecule has 2 saturated heterocycles. The molecule has 3 heterocycles. The Hall–Kier alpha value is -1.89. The fraction of sp³-hybridized carbons (Fsp3) is 0.667. The van der Waals surface area contributed by atoms with Gasteiger partial charge in [0, 0.05) is 24.8 Å². The Morgan fingerprint density at radius 2 is 1.95 bits per heavy atom. The number of carboxylic acid groups (broad SMARTS) is 1. The van der Waals surface area contributed by atoms with Crippen molar-refractivity contribution < 1.29 is 19.4 Å². The Bertz CT molecular complexity index is 625. The molecule has 0 spiro atoms. The monoisotopic (exact) mass is 307 g/mol. The number of carbonyl (C=O) groups is 2. The van der Waals surface area contributed by atoms with Gasteiger partial charge in [0.15, 0.2) is 0 Å². The van der Waals surface area contributed by atoms with Crippen molar-refractivity contribution in [2.75, 3.05) is 0 Å². The molecular weight excluding hydrogens is 286 g/mol. The first-order valence-corrected chi connectivity index (χ1v) is 7.55. The molecule has 2 N–H and O–H groups in total. The van der Waals surface area contributed by atoms with E-state index in [0.717, 1.165) is 29.8 Å². The quantitative estimate of drug-likeness (QED) is 0.846. The fourth-order valence-electron chi connectivity index (χ4n) is 3.69. The summed E-state index contributed by atoms with van der Waals surface area (Å²) in [6, 6.07) is 0. The minimum atomic E-state index is -0.943. The van der Waals surface area contributed by atoms with E-state index in [0.29, 0.717) is 6.54 Å². The zero-order chi connectivity index (χ0) is 16.0. The average Bonchev–Trinajstić information content (AvgIpc) is 3.12. The van der Waals surface area contributed by atoms with Crippen molar-refractivity contribution in [3.05, 3.63) is 17.0 Å². The van der Waals surface area contributed by atoms with Gasteiger partial charge in [-0.3, -0.25) is 14.3 Å². The molecule has 2 bridgehead atoms. The number of nitrogens with zero attached hydrogens (tertiary/aromatic N) is 2. The Morgan fingerprint density at radius 1 is 1.32 bits per heavy atom. The Balaban J connectivity index is 1.70. The van der Waals surface area contributed by atoms with Crippen molar-refractivity contribution in [1.29, 1.82) is 0 Å². The van der Waals surface area contributed by atoms with Crippen molar-refractivity contribution in [3.63, 3.8) is 0 Å². The van der Waals surface area contributed by atoms with Gasteiger partial charge in [-0.05, 0) is 26.7 Å². The molecule has 2 aliphatic heterocycles. The van der Waals surface area contributed by atoms with E-state index in [-0.39, 0.29) is 18.1 Å². The molecule has 4 atom stereocenters. The molecular formula is C15H21N3O4. The number of ether oxygens (including phenoxy) is 1. The van der Waals surface area contributed by atoms with Crippen LogP contribution in [0.2, 0.25) is 0 Å². The first kappa shape index (κ1) is 15.0. The van der Waals surface area contributed by atoms with E-state index in [1.165, 1.54) is 0 Å². The van der Waals surface area contributed by atoms with Crippen LogP contribution < -0.4 is 5.32 Å². The molecule has 1 amide bonds. The fourth-order valence-corrected chi connectivity index (χ4v) is 3.69. The second kappa shape index (κ2) is 5.39. The molecule has 0 aromatic carbocycles. The van der Waals surface area contributed by atoms with Gasteiger partial charge in [0.25, 0.3) is 0 Å². The number of rotatable bonds is 4. The molecule has 7 nitrogen and oxygen atoms in total. The Morgan fingerprint density at radius 3 is 2.50 bits per heavy atom. The standard InChI is InChI=1S/C15H21N3O4/c1-7-9(8(2)18(3)17-7)6-16-14(19)12-10-4-5-11(22-10)13(12)15(20)21/h10-13H,4-6H2,1-3H3,(H,16,19)(H,20,21)/t10-,11+,12+,13+/m1/s1. The summed E-state index contributed by atoms with van der Waals surface area (Å²) in [6.45, 7) is 4.21. The maximum absolute atomic E-state index is 12.5. The normalized spacial score (nSPS) is 29.8. The lowest BCUT2D eigenvalue weighted by Gasteiger charge is -2.23. The summed E-state index contributed by atoms with van der Waals surface area (Å²) in [7, 11) is 1.86. The van der Waals surface area contributed by atoms with Crippen molar-refractivity contribution in [3.8, 4) is 0 Å². The smallest absolute Gasteiger partial charge is 0.310 e. The number of aromatic nitrogens is 2. The van der Waals surface area contributed by atoms with Gasteiger partial charge in [-0.15, -0.1) is 0 Å². The van der Waals surface area contributed by atoms with Gasteiger partial charge in [-0.2, -0.15) is 5.10 Å². The van der Waals surface area contributed by atoms with Crippen LogP contribution in [0.4, 0.5) is 0 Å². The van der Waals surface area contributed by atoms with E-state index in [1.807, 2.05) is 20.9 Å². The molecule has 1 aromatic heterocycles. The summed E-state index contributed by atoms with van der Waals surface area (Å²) < 4.78 is 7.40. The van der Waals surface area contributed by atoms with Gasteiger partial charge < -0.3 is 15.2 Å². The van der Waals surface area contributed by atoms with E-state index in [2.05, 4.69) is 10.4 Å². The number of hydrogen-bond donors (Lipinski definition) is 2. The van der Waals surface area contributed by atoms with Crippen LogP contribution in [-0.2, 0) is 27.9 Å². The molecule has 120 valence electrons. The second-order valence-electron chi connectivity index (χ2n) is 6.17. The molecule has 7 heteroatoms. The minimum absolute atomic E-state index is 0.234. The summed E-state index contributed by atoms with van der Waals surface area (Å²) in [6.07, 6.45) is 0.909. The number of carbonyl (C=O) groups excluding carboxylic acids is 1. The highest BCUT2D eigenvalue weighted by Gasteiger charge is 2.55. The number of hydrogen-bond acceptors (Lipinski definition) is 4. The van der Waals surface area contributed by atoms with Crippen molar-refractivity contribution >= 4 is 11.9 Å². The van der Waals surface area contributed by atoms with Crippen LogP contribution in [0.5, 0.6) is 0 Å². The summed E-state index contributed by atoms with van der Waals surface area (Å²) in [4.78, 5) is 23.9. The Kier molecular flexibility index (Phi) is 3.68. The summed E-state index contributed by atoms with van der Waals surface area (Å²) in [5.74, 6) is -2.49. The number of aliphatic carboxylic acids is 1. The SMILES string of the molecule is Cc1nn(C)c(C)c1CNC(=O)[C@@H]1[C@@H](C(=O)O)[C@@H]2CC[C@H]1O2. The predicted molar refractivity (Wildman–Crippen MR) is 77.0 cm³/mol. The average molecular weight is 307 g/mol. The first-order chi connectivity index (χ1) is 10.4. The van der Waals surface area contributed by atoms with E-state index in [1.54, 1.807) is 4.68 Å². The number of amides is 1. The third-order valence-corrected chi connectivity index (χ3v) is 4.96. The number of aryl methyl sites for hydroxylation is 2. The van der Waals surface area contributed by atoms with Crippen molar-refractivity contribution in [1.82, 2.24) is 15.1 Å². The Labute approximate surface area is 128 Å². The van der Waals surface area contributed by atoms with Crippen molar-refractivity contribution in [2.24, 2.45) is 18.9 Å². The van der Waals surface area contributed by atoms with Crippen LogP contribution in [0.1, 0.15) is 29.8 Å². The summed E-state index contributed by atoms with van der Waals surface area (Å²) >= 11 is 0. The van der Waals surface area contributed by atoms with Gasteiger partial charge in [0.05, 0.1) is 29.7 Å². The molecule has 0 saturated carbocycles. The number of carboxylic acids is 1. The number of fused-ring (bicyclic) bond motifs is 2. The lowest BCUT2D eigenvalue weighted by atomic mass is 9.78. The first-order valence-electron chi connectivity index (χ1n) is 7.55. The van der Waals surface area contributed by atoms with E-state index >= 15 is 0 Å². The highest BCUT2D eigenvalue weighted by atomic mass is 16.5. The van der Waals surface area contributed by atoms with Crippen LogP contribution >= 0.6 is 0 Å². The zero-order valence-corrected chi connectivity index (χ0v) is 13.0. The van der Waals surface area contributed by atoms with Gasteiger partial charge >= 0.3 is 5.97 Å². The van der Waals surface area contributed by atoms with Crippen LogP contribution in [-0.4, -0.2) is 39.0 Å². The van der Waals surface area contributed by atoms with Gasteiger partial charge in [0.2, 0.25) is 5.91 Å². The largest absolute Gasteiger partial charge is 0.481 e. The molecule has 0 unspecified atom stereocenters.